The summed E-state index contributed by atoms with van der Waals surface area (Å²) in [6.07, 6.45) is 0.343. The summed E-state index contributed by atoms with van der Waals surface area (Å²) >= 11 is 0. The lowest BCUT2D eigenvalue weighted by Crippen LogP contribution is -2.44. The van der Waals surface area contributed by atoms with Gasteiger partial charge in [-0.05, 0) is 43.3 Å². The lowest BCUT2D eigenvalue weighted by Gasteiger charge is -2.31. The fourth-order valence-electron chi connectivity index (χ4n) is 6.95. The van der Waals surface area contributed by atoms with Gasteiger partial charge >= 0.3 is 0 Å². The predicted molar refractivity (Wildman–Crippen MR) is 153 cm³/mol. The van der Waals surface area contributed by atoms with Gasteiger partial charge in [0.2, 0.25) is 20.2 Å². The zero-order chi connectivity index (χ0) is 28.8. The van der Waals surface area contributed by atoms with Crippen LogP contribution in [0.25, 0.3) is 0 Å². The van der Waals surface area contributed by atoms with Crippen molar-refractivity contribution in [3.8, 4) is 0 Å². The van der Waals surface area contributed by atoms with E-state index in [1.54, 1.807) is 34.8 Å². The van der Waals surface area contributed by atoms with Gasteiger partial charge in [-0.2, -0.15) is 0 Å². The van der Waals surface area contributed by atoms with E-state index in [1.165, 1.54) is 0 Å². The van der Waals surface area contributed by atoms with Crippen LogP contribution in [0.4, 0.5) is 15.5 Å². The number of aliphatic hydroxyl groups excluding tert-OH is 1. The maximum absolute atomic E-state index is 16.1. The molecule has 0 bridgehead atoms. The minimum Gasteiger partial charge on any atom is -0.395 e. The zero-order valence-corrected chi connectivity index (χ0v) is 24.6. The van der Waals surface area contributed by atoms with E-state index in [0.717, 1.165) is 12.0 Å². The summed E-state index contributed by atoms with van der Waals surface area (Å²) < 4.78 is 22.7. The van der Waals surface area contributed by atoms with E-state index in [4.69, 9.17) is 4.74 Å². The maximum atomic E-state index is 16.1. The number of amides is 3. The molecule has 1 N–H and O–H groups in total. The van der Waals surface area contributed by atoms with Crippen LogP contribution in [0.1, 0.15) is 37.3 Å². The number of hydrogen-bond acceptors (Lipinski definition) is 5. The molecule has 0 aliphatic carbocycles. The minimum atomic E-state index is -3.44. The molecule has 3 aliphatic rings. The number of halogens is 1. The van der Waals surface area contributed by atoms with Gasteiger partial charge in [-0.15, -0.1) is 0 Å². The predicted octanol–water partition coefficient (Wildman–Crippen LogP) is 3.98. The molecule has 2 fully saturated rings. The van der Waals surface area contributed by atoms with Crippen LogP contribution in [0.3, 0.4) is 0 Å². The van der Waals surface area contributed by atoms with Crippen LogP contribution in [0.2, 0.25) is 18.6 Å². The molecule has 8 nitrogen and oxygen atoms in total. The van der Waals surface area contributed by atoms with E-state index in [0.29, 0.717) is 36.4 Å². The Bertz CT molecular complexity index is 1300. The first kappa shape index (κ1) is 28.4. The van der Waals surface area contributed by atoms with Crippen molar-refractivity contribution in [3.63, 3.8) is 0 Å². The quantitative estimate of drug-likeness (QED) is 0.385. The molecule has 2 aromatic carbocycles. The molecule has 2 aromatic rings. The lowest BCUT2D eigenvalue weighted by molar-refractivity contribution is -0.149. The van der Waals surface area contributed by atoms with Crippen LogP contribution in [0, 0.1) is 5.92 Å². The molecule has 5 rings (SSSR count). The van der Waals surface area contributed by atoms with Gasteiger partial charge in [0.15, 0.2) is 5.60 Å². The van der Waals surface area contributed by atoms with E-state index < -0.39 is 31.6 Å². The highest BCUT2D eigenvalue weighted by Gasteiger charge is 2.66. The summed E-state index contributed by atoms with van der Waals surface area (Å²) in [6.45, 7) is 5.92. The summed E-state index contributed by atoms with van der Waals surface area (Å²) in [6, 6.07) is 15.0. The zero-order valence-electron chi connectivity index (χ0n) is 23.6. The number of fused-ring (bicyclic) bond motifs is 2. The van der Waals surface area contributed by atoms with E-state index >= 15 is 4.11 Å². The number of aliphatic hydroxyl groups is 1. The molecule has 3 amide bonds. The summed E-state index contributed by atoms with van der Waals surface area (Å²) in [7, 11) is -1.76. The Morgan fingerprint density at radius 1 is 1.20 bits per heavy atom. The Morgan fingerprint density at radius 2 is 1.93 bits per heavy atom. The van der Waals surface area contributed by atoms with Gasteiger partial charge in [-0.1, -0.05) is 37.3 Å². The average molecular weight is 568 g/mol. The molecule has 10 heteroatoms. The Hall–Kier alpha value is -3.08. The van der Waals surface area contributed by atoms with Gasteiger partial charge in [0, 0.05) is 55.8 Å². The van der Waals surface area contributed by atoms with Crippen LogP contribution in [0.5, 0.6) is 0 Å². The van der Waals surface area contributed by atoms with Crippen molar-refractivity contribution >= 4 is 37.5 Å². The van der Waals surface area contributed by atoms with Crippen molar-refractivity contribution in [2.75, 3.05) is 36.5 Å². The highest BCUT2D eigenvalue weighted by atomic mass is 28.4. The van der Waals surface area contributed by atoms with Crippen LogP contribution >= 0.6 is 0 Å². The van der Waals surface area contributed by atoms with Crippen LogP contribution in [-0.4, -0.2) is 69.0 Å². The third-order valence-electron chi connectivity index (χ3n) is 8.77. The number of benzene rings is 2. The van der Waals surface area contributed by atoms with Gasteiger partial charge in [0.05, 0.1) is 24.8 Å². The second-order valence-corrected chi connectivity index (χ2v) is 15.5. The van der Waals surface area contributed by atoms with Crippen LogP contribution < -0.4 is 9.80 Å². The van der Waals surface area contributed by atoms with Gasteiger partial charge < -0.3 is 28.7 Å². The molecule has 0 aromatic heterocycles. The smallest absolute Gasteiger partial charge is 0.264 e. The second-order valence-electron chi connectivity index (χ2n) is 11.7. The first-order valence-electron chi connectivity index (χ1n) is 14.0. The summed E-state index contributed by atoms with van der Waals surface area (Å²) in [5.41, 5.74) is 0.843. The molecule has 3 aliphatic heterocycles. The average Bonchev–Trinajstić information content (AvgIpc) is 3.53. The first-order valence-corrected chi connectivity index (χ1v) is 17.0. The molecule has 0 unspecified atom stereocenters. The number of carbonyl (C=O) groups is 3. The topological polar surface area (TPSA) is 90.4 Å². The van der Waals surface area contributed by atoms with Gasteiger partial charge in [-0.3, -0.25) is 14.4 Å². The highest BCUT2D eigenvalue weighted by Crippen LogP contribution is 2.60. The molecular formula is C30H38FN3O5Si. The van der Waals surface area contributed by atoms with Crippen LogP contribution in [-0.2, 0) is 31.3 Å². The van der Waals surface area contributed by atoms with E-state index in [2.05, 4.69) is 0 Å². The molecular weight excluding hydrogens is 529 g/mol. The number of ether oxygens (including phenoxy) is 1. The van der Waals surface area contributed by atoms with Crippen LogP contribution in [0.15, 0.2) is 48.5 Å². The molecule has 40 heavy (non-hydrogen) atoms. The molecule has 3 heterocycles. The van der Waals surface area contributed by atoms with Crippen molar-refractivity contribution in [2.24, 2.45) is 5.92 Å². The minimum absolute atomic E-state index is 0.0353. The normalized spacial score (nSPS) is 26.2. The van der Waals surface area contributed by atoms with Crippen molar-refractivity contribution in [1.29, 1.82) is 0 Å². The summed E-state index contributed by atoms with van der Waals surface area (Å²) in [5.74, 6) is -1.04. The van der Waals surface area contributed by atoms with E-state index in [-0.39, 0.29) is 37.3 Å². The Kier molecular flexibility index (Phi) is 7.62. The van der Waals surface area contributed by atoms with Crippen molar-refractivity contribution in [2.45, 2.75) is 63.1 Å². The SMILES string of the molecule is C[C@H]1[C@H]([Si](C)(C)F)[C@@H](CC(=O)N(CCO)Cc2ccccc2)O[C@]12C(=O)N(C)c1ccc(N3CCCC3=O)cc12. The van der Waals surface area contributed by atoms with E-state index in [1.807, 2.05) is 55.5 Å². The molecule has 0 radical (unpaired) electrons. The number of likely N-dealkylation sites (N-methyl/N-ethyl adjacent to an activating group) is 1. The molecule has 2 saturated heterocycles. The fraction of sp³-hybridized carbons (Fsp3) is 0.500. The number of carbonyl (C=O) groups excluding carboxylic acids is 3. The van der Waals surface area contributed by atoms with Gasteiger partial charge in [-0.25, -0.2) is 0 Å². The number of hydrogen-bond donors (Lipinski definition) is 1. The standard InChI is InChI=1S/C30H38FN3O5Si/c1-20-28(40(3,4)31)25(18-27(37)33(15-16-35)19-21-9-6-5-7-10-21)39-30(20)23-17-22(34-14-8-11-26(34)36)12-13-24(23)32(2)29(30)38/h5-7,9-10,12-13,17,20,25,28,35H,8,11,14-16,18-19H2,1-4H3/t20-,25+,28-,30+/m0/s1. The summed E-state index contributed by atoms with van der Waals surface area (Å²) in [5, 5.41) is 9.67. The second kappa shape index (κ2) is 10.7. The lowest BCUT2D eigenvalue weighted by atomic mass is 9.82. The number of nitrogens with zero attached hydrogens (tertiary/aromatic N) is 3. The molecule has 0 saturated carbocycles. The Balaban J connectivity index is 1.50. The molecule has 214 valence electrons. The summed E-state index contributed by atoms with van der Waals surface area (Å²) in [4.78, 5) is 44.9. The fourth-order valence-corrected chi connectivity index (χ4v) is 9.44. The largest absolute Gasteiger partial charge is 0.395 e. The number of rotatable bonds is 8. The Morgan fingerprint density at radius 3 is 2.55 bits per heavy atom. The van der Waals surface area contributed by atoms with Crippen molar-refractivity contribution in [3.05, 3.63) is 59.7 Å². The number of anilines is 2. The molecule has 1 spiro atoms. The highest BCUT2D eigenvalue weighted by molar-refractivity contribution is 6.72. The third-order valence-corrected chi connectivity index (χ3v) is 11.2. The van der Waals surface area contributed by atoms with Crippen molar-refractivity contribution in [1.82, 2.24) is 4.90 Å². The Labute approximate surface area is 235 Å². The first-order chi connectivity index (χ1) is 19.0. The van der Waals surface area contributed by atoms with Gasteiger partial charge in [0.1, 0.15) is 0 Å². The van der Waals surface area contributed by atoms with Gasteiger partial charge in [0.25, 0.3) is 5.91 Å². The maximum Gasteiger partial charge on any atom is 0.264 e. The van der Waals surface area contributed by atoms with E-state index in [9.17, 15) is 19.5 Å². The third kappa shape index (κ3) is 4.75. The van der Waals surface area contributed by atoms with Crippen molar-refractivity contribution < 1.29 is 28.3 Å². The monoisotopic (exact) mass is 567 g/mol. The molecule has 4 atom stereocenters.